The van der Waals surface area contributed by atoms with Crippen LogP contribution >= 0.6 is 11.6 Å². The average molecular weight is 286 g/mol. The van der Waals surface area contributed by atoms with Crippen molar-refractivity contribution in [2.45, 2.75) is 31.8 Å². The van der Waals surface area contributed by atoms with Gasteiger partial charge in [0.05, 0.1) is 7.11 Å². The van der Waals surface area contributed by atoms with Crippen molar-refractivity contribution in [2.24, 2.45) is 0 Å². The maximum atomic E-state index is 10.1. The minimum absolute atomic E-state index is 0.0419. The van der Waals surface area contributed by atoms with Crippen molar-refractivity contribution >= 4 is 11.6 Å². The van der Waals surface area contributed by atoms with Crippen molar-refractivity contribution in [2.75, 3.05) is 20.3 Å². The number of methoxy groups -OCH3 is 1. The number of hydrogen-bond donors (Lipinski definition) is 2. The minimum Gasteiger partial charge on any atom is -0.504 e. The van der Waals surface area contributed by atoms with E-state index in [4.69, 9.17) is 21.1 Å². The molecule has 106 valence electrons. The normalized spacial score (nSPS) is 18.3. The molecule has 19 heavy (non-hydrogen) atoms. The highest BCUT2D eigenvalue weighted by atomic mass is 35.5. The number of nitrogens with one attached hydrogen (secondary N) is 1. The number of hydrogen-bond acceptors (Lipinski definition) is 4. The molecule has 0 saturated carbocycles. The van der Waals surface area contributed by atoms with Gasteiger partial charge in [0.15, 0.2) is 11.5 Å². The molecule has 1 aromatic carbocycles. The van der Waals surface area contributed by atoms with Gasteiger partial charge in [-0.05, 0) is 25.8 Å². The van der Waals surface area contributed by atoms with Crippen molar-refractivity contribution in [3.63, 3.8) is 0 Å². The van der Waals surface area contributed by atoms with Crippen LogP contribution in [-0.4, -0.2) is 31.0 Å². The molecule has 0 spiro atoms. The summed E-state index contributed by atoms with van der Waals surface area (Å²) in [4.78, 5) is 0. The summed E-state index contributed by atoms with van der Waals surface area (Å²) in [6.07, 6.45) is 1.93. The third-order valence-corrected chi connectivity index (χ3v) is 3.86. The molecule has 0 aliphatic carbocycles. The molecule has 0 aromatic heterocycles. The van der Waals surface area contributed by atoms with E-state index in [2.05, 4.69) is 12.2 Å². The topological polar surface area (TPSA) is 50.7 Å². The highest BCUT2D eigenvalue weighted by Gasteiger charge is 2.26. The fourth-order valence-corrected chi connectivity index (χ4v) is 2.46. The van der Waals surface area contributed by atoms with Crippen LogP contribution in [0, 0.1) is 0 Å². The molecular weight excluding hydrogens is 266 g/mol. The van der Waals surface area contributed by atoms with Crippen LogP contribution in [0.4, 0.5) is 0 Å². The summed E-state index contributed by atoms with van der Waals surface area (Å²) in [6.45, 7) is 4.27. The van der Waals surface area contributed by atoms with E-state index < -0.39 is 0 Å². The fraction of sp³-hybridized carbons (Fsp3) is 0.571. The zero-order valence-corrected chi connectivity index (χ0v) is 12.1. The summed E-state index contributed by atoms with van der Waals surface area (Å²) < 4.78 is 10.5. The highest BCUT2D eigenvalue weighted by molar-refractivity contribution is 6.30. The highest BCUT2D eigenvalue weighted by Crippen LogP contribution is 2.34. The van der Waals surface area contributed by atoms with Crippen LogP contribution in [0.1, 0.15) is 25.3 Å². The summed E-state index contributed by atoms with van der Waals surface area (Å²) in [5.74, 6) is 0.552. The number of phenols is 1. The number of halogens is 1. The van der Waals surface area contributed by atoms with Crippen LogP contribution in [0.3, 0.4) is 0 Å². The van der Waals surface area contributed by atoms with Gasteiger partial charge in [0, 0.05) is 41.9 Å². The molecule has 1 aliphatic heterocycles. The third-order valence-electron chi connectivity index (χ3n) is 3.64. The molecule has 1 fully saturated rings. The first-order valence-electron chi connectivity index (χ1n) is 6.42. The Morgan fingerprint density at radius 2 is 2.11 bits per heavy atom. The maximum Gasteiger partial charge on any atom is 0.162 e. The quantitative estimate of drug-likeness (QED) is 0.893. The number of aromatic hydroxyl groups is 1. The lowest BCUT2D eigenvalue weighted by Gasteiger charge is -2.34. The number of phenolic OH excluding ortho intramolecular Hbond substituents is 1. The Kier molecular flexibility index (Phi) is 4.55. The third kappa shape index (κ3) is 3.53. The lowest BCUT2D eigenvalue weighted by atomic mass is 9.92. The fourth-order valence-electron chi connectivity index (χ4n) is 2.23. The molecule has 1 saturated heterocycles. The number of rotatable bonds is 4. The van der Waals surface area contributed by atoms with Crippen LogP contribution < -0.4 is 10.1 Å². The molecule has 0 unspecified atom stereocenters. The van der Waals surface area contributed by atoms with Gasteiger partial charge < -0.3 is 19.9 Å². The maximum absolute atomic E-state index is 10.1. The molecule has 5 heteroatoms. The predicted octanol–water partition coefficient (Wildman–Crippen LogP) is 2.71. The van der Waals surface area contributed by atoms with Crippen molar-refractivity contribution in [3.05, 3.63) is 22.7 Å². The van der Waals surface area contributed by atoms with Crippen molar-refractivity contribution < 1.29 is 14.6 Å². The molecule has 2 N–H and O–H groups in total. The van der Waals surface area contributed by atoms with Crippen LogP contribution in [0.25, 0.3) is 0 Å². The zero-order valence-electron chi connectivity index (χ0n) is 11.3. The Morgan fingerprint density at radius 3 is 2.74 bits per heavy atom. The Hall–Kier alpha value is -0.970. The smallest absolute Gasteiger partial charge is 0.162 e. The SMILES string of the molecule is COc1cc(Cl)cc(CNC2(C)CCOCC2)c1O. The van der Waals surface area contributed by atoms with Gasteiger partial charge in [0.25, 0.3) is 0 Å². The van der Waals surface area contributed by atoms with Crippen molar-refractivity contribution in [3.8, 4) is 11.5 Å². The number of benzene rings is 1. The van der Waals surface area contributed by atoms with Gasteiger partial charge in [-0.25, -0.2) is 0 Å². The van der Waals surface area contributed by atoms with Gasteiger partial charge in [-0.3, -0.25) is 0 Å². The Bertz CT molecular complexity index is 445. The first kappa shape index (κ1) is 14.4. The van der Waals surface area contributed by atoms with E-state index in [1.807, 2.05) is 0 Å². The molecule has 1 aliphatic rings. The van der Waals surface area contributed by atoms with E-state index >= 15 is 0 Å². The second-order valence-corrected chi connectivity index (χ2v) is 5.58. The van der Waals surface area contributed by atoms with E-state index in [9.17, 15) is 5.11 Å². The summed E-state index contributed by atoms with van der Waals surface area (Å²) in [5.41, 5.74) is 0.789. The monoisotopic (exact) mass is 285 g/mol. The lowest BCUT2D eigenvalue weighted by molar-refractivity contribution is 0.0445. The summed E-state index contributed by atoms with van der Waals surface area (Å²) in [6, 6.07) is 3.37. The van der Waals surface area contributed by atoms with Crippen LogP contribution in [0.5, 0.6) is 11.5 Å². The minimum atomic E-state index is 0.0419. The molecule has 0 atom stereocenters. The van der Waals surface area contributed by atoms with Crippen molar-refractivity contribution in [1.82, 2.24) is 5.32 Å². The van der Waals surface area contributed by atoms with Gasteiger partial charge in [-0.1, -0.05) is 11.6 Å². The Balaban J connectivity index is 2.08. The summed E-state index contributed by atoms with van der Waals surface area (Å²) in [5, 5.41) is 14.1. The molecule has 0 radical (unpaired) electrons. The molecule has 1 aromatic rings. The van der Waals surface area contributed by atoms with Gasteiger partial charge in [0.2, 0.25) is 0 Å². The van der Waals surface area contributed by atoms with Gasteiger partial charge in [-0.15, -0.1) is 0 Å². The van der Waals surface area contributed by atoms with E-state index in [0.717, 1.165) is 31.6 Å². The summed E-state index contributed by atoms with van der Waals surface area (Å²) in [7, 11) is 1.52. The predicted molar refractivity (Wildman–Crippen MR) is 75.0 cm³/mol. The largest absolute Gasteiger partial charge is 0.504 e. The Morgan fingerprint density at radius 1 is 1.42 bits per heavy atom. The molecule has 4 nitrogen and oxygen atoms in total. The molecular formula is C14H20ClNO3. The van der Waals surface area contributed by atoms with Gasteiger partial charge in [-0.2, -0.15) is 0 Å². The second-order valence-electron chi connectivity index (χ2n) is 5.14. The molecule has 0 amide bonds. The zero-order chi connectivity index (χ0) is 13.9. The first-order chi connectivity index (χ1) is 9.04. The number of ether oxygens (including phenoxy) is 2. The van der Waals surface area contributed by atoms with E-state index in [1.165, 1.54) is 7.11 Å². The standard InChI is InChI=1S/C14H20ClNO3/c1-14(3-5-19-6-4-14)16-9-10-7-11(15)8-12(18-2)13(10)17/h7-8,16-17H,3-6,9H2,1-2H3. The Labute approximate surface area is 118 Å². The van der Waals surface area contributed by atoms with Crippen molar-refractivity contribution in [1.29, 1.82) is 0 Å². The molecule has 1 heterocycles. The molecule has 0 bridgehead atoms. The van der Waals surface area contributed by atoms with Gasteiger partial charge >= 0.3 is 0 Å². The summed E-state index contributed by atoms with van der Waals surface area (Å²) >= 11 is 6.02. The van der Waals surface area contributed by atoms with E-state index in [-0.39, 0.29) is 11.3 Å². The first-order valence-corrected chi connectivity index (χ1v) is 6.80. The second kappa shape index (κ2) is 5.99. The lowest BCUT2D eigenvalue weighted by Crippen LogP contribution is -2.46. The average Bonchev–Trinajstić information content (AvgIpc) is 2.40. The van der Waals surface area contributed by atoms with E-state index in [1.54, 1.807) is 12.1 Å². The molecule has 2 rings (SSSR count). The van der Waals surface area contributed by atoms with Gasteiger partial charge in [0.1, 0.15) is 0 Å². The van der Waals surface area contributed by atoms with E-state index in [0.29, 0.717) is 17.3 Å². The van der Waals surface area contributed by atoms with Crippen LogP contribution in [0.15, 0.2) is 12.1 Å². The van der Waals surface area contributed by atoms with Crippen LogP contribution in [0.2, 0.25) is 5.02 Å². The van der Waals surface area contributed by atoms with Crippen LogP contribution in [-0.2, 0) is 11.3 Å².